The van der Waals surface area contributed by atoms with Gasteiger partial charge in [-0.05, 0) is 128 Å². The number of phenolic OH excluding ortho intramolecular Hbond substituents is 3. The molecule has 670 valence electrons. The Balaban J connectivity index is 1.02. The van der Waals surface area contributed by atoms with Crippen LogP contribution in [0.1, 0.15) is 111 Å². The second-order valence-corrected chi connectivity index (χ2v) is 34.0. The Labute approximate surface area is 731 Å². The van der Waals surface area contributed by atoms with Gasteiger partial charge in [0, 0.05) is 69.4 Å². The van der Waals surface area contributed by atoms with Gasteiger partial charge in [0.05, 0.1) is 41.3 Å². The number of benzene rings is 6. The average Bonchev–Trinajstić information content (AvgIpc) is 0.761. The summed E-state index contributed by atoms with van der Waals surface area (Å²) in [5.74, 6) is -15.7. The van der Waals surface area contributed by atoms with E-state index in [-0.39, 0.29) is 36.4 Å². The number of primary amides is 1. The van der Waals surface area contributed by atoms with E-state index in [0.29, 0.717) is 28.1 Å². The number of hydrogen-bond donors (Lipinski definition) is 22. The van der Waals surface area contributed by atoms with Crippen molar-refractivity contribution in [3.63, 3.8) is 0 Å². The van der Waals surface area contributed by atoms with Gasteiger partial charge in [0.25, 0.3) is 0 Å². The molecule has 124 heavy (non-hydrogen) atoms. The number of carboxylic acid groups (broad SMARTS) is 1. The number of likely N-dealkylation sites (N-methyl/N-ethyl adjacent to an activating group) is 1. The number of fused-ring (bicyclic) bond motifs is 15. The molecule has 24 N–H and O–H groups in total. The summed E-state index contributed by atoms with van der Waals surface area (Å²) in [6.45, 7) is 5.58. The number of halogens is 4. The molecule has 43 heteroatoms. The molecule has 4 unspecified atom stereocenters. The summed E-state index contributed by atoms with van der Waals surface area (Å²) in [5.41, 5.74) is 8.70. The number of carbonyl (C=O) groups excluding carboxylic acids is 7. The van der Waals surface area contributed by atoms with Crippen molar-refractivity contribution in [1.29, 1.82) is 0 Å². The van der Waals surface area contributed by atoms with E-state index < -0.39 is 284 Å². The molecular formula is C81H94Cl4N10O28S. The average molecular weight is 1830 g/mol. The number of nitrogens with one attached hydrogen (secondary N) is 8. The van der Waals surface area contributed by atoms with Crippen LogP contribution in [0.4, 0.5) is 0 Å². The highest BCUT2D eigenvalue weighted by atomic mass is 35.5. The van der Waals surface area contributed by atoms with Crippen LogP contribution in [-0.4, -0.2) is 251 Å². The van der Waals surface area contributed by atoms with E-state index in [2.05, 4.69) is 42.5 Å². The number of carbonyl (C=O) groups is 8. The highest BCUT2D eigenvalue weighted by molar-refractivity contribution is 7.98. The molecule has 0 aliphatic carbocycles. The van der Waals surface area contributed by atoms with Crippen molar-refractivity contribution in [1.82, 2.24) is 42.5 Å². The number of ether oxygens (including phenoxy) is 8. The molecule has 6 aromatic rings. The van der Waals surface area contributed by atoms with Gasteiger partial charge < -0.3 is 153 Å². The fourth-order valence-corrected chi connectivity index (χ4v) is 17.3. The Bertz CT molecular complexity index is 4990. The Hall–Kier alpha value is -9.25. The number of amides is 7. The molecule has 0 spiro atoms. The summed E-state index contributed by atoms with van der Waals surface area (Å²) in [7, 11) is 1.46. The maximum absolute atomic E-state index is 16.4. The molecule has 14 rings (SSSR count). The molecule has 8 aliphatic heterocycles. The zero-order valence-corrected chi connectivity index (χ0v) is 70.5. The Morgan fingerprint density at radius 1 is 0.661 bits per heavy atom. The third-order valence-corrected chi connectivity index (χ3v) is 24.1. The fourth-order valence-electron chi connectivity index (χ4n) is 15.2. The van der Waals surface area contributed by atoms with Crippen LogP contribution in [0.25, 0.3) is 11.1 Å². The van der Waals surface area contributed by atoms with E-state index in [1.807, 2.05) is 0 Å². The quantitative estimate of drug-likeness (QED) is 0.0431. The number of aromatic hydroxyl groups is 3. The minimum Gasteiger partial charge on any atom is -0.508 e. The van der Waals surface area contributed by atoms with Crippen LogP contribution < -0.4 is 68.2 Å². The standard InChI is InChI=1S/C81H94Cl4N10O28S/c1-30(2)17-44(88-5)72(108)94-60-62(101)33-10-13-48(42(84)19-33)117-50-21-35-22-51(69(50)122-80-67(106)65(104)70(53(28-96)120-80)123-79-66(105)64(103)63(102)52(119-79)27-89-15-16-124-29-39-40(82)7-6-8-41(39)83)118-49-14-11-34(20-43(49)85)68(121-55-26-81(4,87)71(107)31(3)116-55)61-77(113)93-59(78(114)115)38-23-36(97)24-47(99)56(38)37-18-32(9-12-46(37)98)57(74(110)95-61)92-75(111)58(35)91-73(109)45(25-54(86)100)90-76(60)112/h6-14,18-24,30-31,44-45,52-53,55,57-68,70-71,79-80,88-89,96-99,101-107H,15-17,25-29,87H2,1-5H3,(H2,86,100)(H,90,112)(H,91,109)(H,92,111)(H,93,113)(H,94,108)(H,95,110)(H,114,115)/t31-,44+,45?,52+,53+,55-,57?,58+,59?,60?,61-,62+,63-,64-,65+,66+,67+,68+,70+,71-,79-,80-,81-/m0/s1. The molecule has 3 saturated heterocycles. The second kappa shape index (κ2) is 39.7. The largest absolute Gasteiger partial charge is 0.508 e. The zero-order valence-electron chi connectivity index (χ0n) is 66.6. The normalized spacial score (nSPS) is 29.9. The van der Waals surface area contributed by atoms with Crippen molar-refractivity contribution in [3.05, 3.63) is 151 Å². The topological polar surface area (TPSA) is 601 Å². The van der Waals surface area contributed by atoms with Crippen LogP contribution >= 0.6 is 58.2 Å². The van der Waals surface area contributed by atoms with Gasteiger partial charge in [-0.3, -0.25) is 33.6 Å². The molecule has 7 amide bonds. The van der Waals surface area contributed by atoms with Crippen molar-refractivity contribution in [3.8, 4) is 57.1 Å². The van der Waals surface area contributed by atoms with Gasteiger partial charge in [0.2, 0.25) is 53.4 Å². The van der Waals surface area contributed by atoms with Gasteiger partial charge in [0.1, 0.15) is 120 Å². The lowest BCUT2D eigenvalue weighted by atomic mass is 9.86. The Morgan fingerprint density at radius 2 is 1.28 bits per heavy atom. The predicted octanol–water partition coefficient (Wildman–Crippen LogP) is 1.77. The molecule has 0 radical (unpaired) electrons. The molecule has 6 aromatic carbocycles. The molecule has 3 fully saturated rings. The van der Waals surface area contributed by atoms with Crippen LogP contribution in [0, 0.1) is 5.92 Å². The SMILES string of the molecule is CN[C@H](CC(C)C)C(=O)NC1C(=O)NC(CC(N)=O)C(=O)N[C@H]2C(=O)NC3C(=O)N[C@H](C(=O)NC(C(=O)O)c4cc(O)cc(O)c4-c4cc3ccc4O)[C@H](O[C@H]3C[C@](C)(N)[C@@H](O)[C@H](C)O3)c3ccc(c(Cl)c3)Oc3cc2cc(c3O[C@@H]2O[C@H](CO)[C@@H](O[C@@H]3O[C@H](CNCCSCc4c(Cl)cccc4Cl)[C@H](O)[C@H](O)[C@H]3O)[C@H](O)[C@H]2O)Oc2ccc(cc2Cl)[C@H]1O. The van der Waals surface area contributed by atoms with Crippen LogP contribution in [-0.2, 0) is 67.8 Å². The van der Waals surface area contributed by atoms with Gasteiger partial charge >= 0.3 is 5.97 Å². The smallest absolute Gasteiger partial charge is 0.330 e. The van der Waals surface area contributed by atoms with E-state index in [9.17, 15) is 75.7 Å². The number of carboxylic acids is 1. The molecule has 23 atom stereocenters. The van der Waals surface area contributed by atoms with Crippen LogP contribution in [0.5, 0.6) is 46.0 Å². The number of rotatable bonds is 22. The van der Waals surface area contributed by atoms with E-state index in [0.717, 1.165) is 72.3 Å². The van der Waals surface area contributed by atoms with E-state index in [1.165, 1.54) is 44.8 Å². The van der Waals surface area contributed by atoms with Gasteiger partial charge in [-0.25, -0.2) is 4.79 Å². The van der Waals surface area contributed by atoms with Crippen molar-refractivity contribution in [2.75, 3.05) is 32.5 Å². The predicted molar refractivity (Wildman–Crippen MR) is 440 cm³/mol. The zero-order chi connectivity index (χ0) is 89.9. The highest BCUT2D eigenvalue weighted by Gasteiger charge is 2.53. The maximum atomic E-state index is 16.4. The molecule has 0 saturated carbocycles. The first-order valence-corrected chi connectivity index (χ1v) is 41.7. The lowest BCUT2D eigenvalue weighted by molar-refractivity contribution is -0.350. The van der Waals surface area contributed by atoms with E-state index in [4.69, 9.17) is 95.8 Å². The molecule has 0 aromatic heterocycles. The minimum atomic E-state index is -2.42. The Morgan fingerprint density at radius 3 is 1.91 bits per heavy atom. The van der Waals surface area contributed by atoms with Crippen molar-refractivity contribution in [2.24, 2.45) is 17.4 Å². The number of aliphatic hydroxyl groups is 8. The number of aliphatic hydroxyl groups excluding tert-OH is 8. The van der Waals surface area contributed by atoms with Crippen LogP contribution in [0.15, 0.2) is 97.1 Å². The lowest BCUT2D eigenvalue weighted by Crippen LogP contribution is -2.65. The summed E-state index contributed by atoms with van der Waals surface area (Å²) < 4.78 is 51.1. The van der Waals surface area contributed by atoms with Crippen LogP contribution in [0.2, 0.25) is 20.1 Å². The molecular weight excluding hydrogens is 1730 g/mol. The fraction of sp³-hybridized carbons (Fsp3) is 0.457. The first kappa shape index (κ1) is 93.9. The second-order valence-electron chi connectivity index (χ2n) is 31.3. The Kier molecular flexibility index (Phi) is 30.1. The van der Waals surface area contributed by atoms with Gasteiger partial charge in [0.15, 0.2) is 30.1 Å². The molecule has 8 aliphatic rings. The molecule has 11 bridgehead atoms. The summed E-state index contributed by atoms with van der Waals surface area (Å²) >= 11 is 28.7. The highest BCUT2D eigenvalue weighted by Crippen LogP contribution is 2.50. The number of hydrogen-bond acceptors (Lipinski definition) is 31. The van der Waals surface area contributed by atoms with E-state index in [1.54, 1.807) is 32.0 Å². The maximum Gasteiger partial charge on any atom is 0.330 e. The minimum absolute atomic E-state index is 0.130. The van der Waals surface area contributed by atoms with Gasteiger partial charge in [-0.1, -0.05) is 84.5 Å². The van der Waals surface area contributed by atoms with Gasteiger partial charge in [-0.2, -0.15) is 11.8 Å². The first-order chi connectivity index (χ1) is 58.7. The van der Waals surface area contributed by atoms with Crippen molar-refractivity contribution >= 4 is 105 Å². The van der Waals surface area contributed by atoms with Gasteiger partial charge in [-0.15, -0.1) is 0 Å². The van der Waals surface area contributed by atoms with E-state index >= 15 is 24.0 Å². The summed E-state index contributed by atoms with van der Waals surface area (Å²) in [6.07, 6.45) is -29.1. The lowest BCUT2D eigenvalue weighted by Gasteiger charge is -2.46. The number of aliphatic carboxylic acids is 1. The third-order valence-electron chi connectivity index (χ3n) is 21.8. The number of phenols is 3. The van der Waals surface area contributed by atoms with Crippen LogP contribution in [0.3, 0.4) is 0 Å². The monoisotopic (exact) mass is 1830 g/mol. The summed E-state index contributed by atoms with van der Waals surface area (Å²) in [6, 6.07) is 4.08. The molecule has 8 heterocycles. The summed E-state index contributed by atoms with van der Waals surface area (Å²) in [4.78, 5) is 120. The molecule has 38 nitrogen and oxygen atoms in total. The number of nitrogens with two attached hydrogens (primary N) is 2. The van der Waals surface area contributed by atoms with Crippen molar-refractivity contribution in [2.45, 2.75) is 193 Å². The van der Waals surface area contributed by atoms with Crippen molar-refractivity contribution < 1.29 is 138 Å². The third kappa shape index (κ3) is 20.9. The summed E-state index contributed by atoms with van der Waals surface area (Å²) in [5, 5.41) is 160. The first-order valence-electron chi connectivity index (χ1n) is 39.1. The number of thioether (sulfide) groups is 1.